The van der Waals surface area contributed by atoms with Crippen LogP contribution in [0.5, 0.6) is 0 Å². The number of nitrogens with zero attached hydrogens (tertiary/aromatic N) is 1. The molecule has 1 rings (SSSR count). The lowest BCUT2D eigenvalue weighted by molar-refractivity contribution is -0.139. The smallest absolute Gasteiger partial charge is 0.320 e. The number of hydrogen-bond acceptors (Lipinski definition) is 4. The van der Waals surface area contributed by atoms with Crippen molar-refractivity contribution in [3.8, 4) is 0 Å². The normalized spacial score (nSPS) is 17.4. The first-order chi connectivity index (χ1) is 8.13. The van der Waals surface area contributed by atoms with Gasteiger partial charge in [-0.25, -0.2) is 0 Å². The molecule has 100 valence electrons. The van der Waals surface area contributed by atoms with Gasteiger partial charge in [0, 0.05) is 13.2 Å². The van der Waals surface area contributed by atoms with Crippen LogP contribution >= 0.6 is 0 Å². The molecule has 1 unspecified atom stereocenters. The van der Waals surface area contributed by atoms with Gasteiger partial charge < -0.3 is 20.1 Å². The molecule has 0 aliphatic heterocycles. The maximum absolute atomic E-state index is 10.8. The summed E-state index contributed by atoms with van der Waals surface area (Å²) in [7, 11) is 3.67. The van der Waals surface area contributed by atoms with Crippen molar-refractivity contribution in [2.24, 2.45) is 5.92 Å². The highest BCUT2D eigenvalue weighted by molar-refractivity contribution is 5.73. The molecule has 0 spiro atoms. The Balaban J connectivity index is 1.98. The van der Waals surface area contributed by atoms with Crippen LogP contribution in [-0.2, 0) is 9.53 Å². The maximum atomic E-state index is 10.8. The van der Waals surface area contributed by atoms with Crippen molar-refractivity contribution in [2.45, 2.75) is 25.3 Å². The zero-order valence-corrected chi connectivity index (χ0v) is 10.8. The van der Waals surface area contributed by atoms with Crippen molar-refractivity contribution < 1.29 is 14.6 Å². The summed E-state index contributed by atoms with van der Waals surface area (Å²) >= 11 is 0. The van der Waals surface area contributed by atoms with E-state index in [-0.39, 0.29) is 0 Å². The molecule has 17 heavy (non-hydrogen) atoms. The van der Waals surface area contributed by atoms with Gasteiger partial charge in [0.15, 0.2) is 0 Å². The number of carboxylic acid groups (broad SMARTS) is 1. The zero-order valence-electron chi connectivity index (χ0n) is 10.8. The van der Waals surface area contributed by atoms with Crippen LogP contribution in [0, 0.1) is 5.92 Å². The molecule has 1 atom stereocenters. The topological polar surface area (TPSA) is 61.8 Å². The minimum absolute atomic E-state index is 0.454. The highest BCUT2D eigenvalue weighted by Gasteiger charge is 2.21. The molecule has 0 saturated heterocycles. The lowest BCUT2D eigenvalue weighted by Gasteiger charge is -2.19. The number of ether oxygens (including phenoxy) is 1. The maximum Gasteiger partial charge on any atom is 0.320 e. The van der Waals surface area contributed by atoms with Gasteiger partial charge in [0.2, 0.25) is 0 Å². The minimum atomic E-state index is -0.786. The van der Waals surface area contributed by atoms with Crippen molar-refractivity contribution in [1.29, 1.82) is 0 Å². The number of carbonyl (C=O) groups is 1. The quantitative estimate of drug-likeness (QED) is 0.545. The molecular formula is C12H24N2O3. The number of carboxylic acids is 1. The number of likely N-dealkylation sites (N-methyl/N-ethyl adjacent to an activating group) is 2. The van der Waals surface area contributed by atoms with Crippen molar-refractivity contribution in [3.63, 3.8) is 0 Å². The first-order valence-corrected chi connectivity index (χ1v) is 6.30. The second kappa shape index (κ2) is 7.63. The SMILES string of the molecule is CNC(CCN(C)CCOCC1CC1)C(=O)O. The molecular weight excluding hydrogens is 220 g/mol. The predicted molar refractivity (Wildman–Crippen MR) is 66.1 cm³/mol. The second-order valence-electron chi connectivity index (χ2n) is 4.79. The van der Waals surface area contributed by atoms with Gasteiger partial charge in [0.05, 0.1) is 6.61 Å². The largest absolute Gasteiger partial charge is 0.480 e. The third kappa shape index (κ3) is 6.61. The molecule has 2 N–H and O–H groups in total. The Labute approximate surface area is 103 Å². The van der Waals surface area contributed by atoms with E-state index in [4.69, 9.17) is 9.84 Å². The van der Waals surface area contributed by atoms with Crippen LogP contribution < -0.4 is 5.32 Å². The summed E-state index contributed by atoms with van der Waals surface area (Å²) in [5, 5.41) is 11.7. The number of aliphatic carboxylic acids is 1. The average Bonchev–Trinajstić information content (AvgIpc) is 3.08. The van der Waals surface area contributed by atoms with Crippen LogP contribution in [0.2, 0.25) is 0 Å². The van der Waals surface area contributed by atoms with Crippen LogP contribution in [0.3, 0.4) is 0 Å². The second-order valence-corrected chi connectivity index (χ2v) is 4.79. The molecule has 0 radical (unpaired) electrons. The molecule has 5 heteroatoms. The summed E-state index contributed by atoms with van der Waals surface area (Å²) in [4.78, 5) is 12.9. The fourth-order valence-corrected chi connectivity index (χ4v) is 1.61. The van der Waals surface area contributed by atoms with E-state index < -0.39 is 12.0 Å². The molecule has 5 nitrogen and oxygen atoms in total. The van der Waals surface area contributed by atoms with Gasteiger partial charge in [-0.2, -0.15) is 0 Å². The van der Waals surface area contributed by atoms with Gasteiger partial charge in [-0.3, -0.25) is 4.79 Å². The Kier molecular flexibility index (Phi) is 6.47. The lowest BCUT2D eigenvalue weighted by atomic mass is 10.2. The Morgan fingerprint density at radius 1 is 1.53 bits per heavy atom. The average molecular weight is 244 g/mol. The summed E-state index contributed by atoms with van der Waals surface area (Å²) in [5.41, 5.74) is 0. The van der Waals surface area contributed by atoms with E-state index in [1.807, 2.05) is 7.05 Å². The van der Waals surface area contributed by atoms with Gasteiger partial charge in [0.25, 0.3) is 0 Å². The van der Waals surface area contributed by atoms with E-state index in [0.717, 1.165) is 32.2 Å². The summed E-state index contributed by atoms with van der Waals surface area (Å²) in [6, 6.07) is -0.454. The van der Waals surface area contributed by atoms with Crippen molar-refractivity contribution in [3.05, 3.63) is 0 Å². The Hall–Kier alpha value is -0.650. The Morgan fingerprint density at radius 3 is 2.76 bits per heavy atom. The summed E-state index contributed by atoms with van der Waals surface area (Å²) in [6.45, 7) is 3.26. The highest BCUT2D eigenvalue weighted by Crippen LogP contribution is 2.28. The molecule has 1 aliphatic rings. The van der Waals surface area contributed by atoms with E-state index >= 15 is 0 Å². The molecule has 0 aromatic rings. The van der Waals surface area contributed by atoms with Crippen LogP contribution in [0.1, 0.15) is 19.3 Å². The Morgan fingerprint density at radius 2 is 2.24 bits per heavy atom. The molecule has 0 heterocycles. The highest BCUT2D eigenvalue weighted by atomic mass is 16.5. The van der Waals surface area contributed by atoms with E-state index in [2.05, 4.69) is 10.2 Å². The third-order valence-corrected chi connectivity index (χ3v) is 3.11. The molecule has 1 fully saturated rings. The summed E-state index contributed by atoms with van der Waals surface area (Å²) < 4.78 is 5.54. The lowest BCUT2D eigenvalue weighted by Crippen LogP contribution is -2.37. The fourth-order valence-electron chi connectivity index (χ4n) is 1.61. The minimum Gasteiger partial charge on any atom is -0.480 e. The molecule has 0 bridgehead atoms. The summed E-state index contributed by atoms with van der Waals surface area (Å²) in [5.74, 6) is 0.0203. The monoisotopic (exact) mass is 244 g/mol. The van der Waals surface area contributed by atoms with E-state index in [1.165, 1.54) is 12.8 Å². The van der Waals surface area contributed by atoms with Crippen LogP contribution in [0.25, 0.3) is 0 Å². The van der Waals surface area contributed by atoms with Crippen LogP contribution in [-0.4, -0.2) is 62.4 Å². The third-order valence-electron chi connectivity index (χ3n) is 3.11. The number of hydrogen-bond donors (Lipinski definition) is 2. The molecule has 0 aromatic carbocycles. The standard InChI is InChI=1S/C12H24N2O3/c1-13-11(12(15)16)5-6-14(2)7-8-17-9-10-3-4-10/h10-11,13H,3-9H2,1-2H3,(H,15,16). The number of nitrogens with one attached hydrogen (secondary N) is 1. The van der Waals surface area contributed by atoms with Crippen LogP contribution in [0.4, 0.5) is 0 Å². The van der Waals surface area contributed by atoms with Crippen molar-refractivity contribution >= 4 is 5.97 Å². The van der Waals surface area contributed by atoms with Crippen molar-refractivity contribution in [2.75, 3.05) is 40.4 Å². The Bertz CT molecular complexity index is 232. The van der Waals surface area contributed by atoms with Gasteiger partial charge >= 0.3 is 5.97 Å². The predicted octanol–water partition coefficient (Wildman–Crippen LogP) is 0.408. The van der Waals surface area contributed by atoms with Gasteiger partial charge in [0.1, 0.15) is 6.04 Å². The van der Waals surface area contributed by atoms with Gasteiger partial charge in [-0.15, -0.1) is 0 Å². The van der Waals surface area contributed by atoms with Crippen LogP contribution in [0.15, 0.2) is 0 Å². The van der Waals surface area contributed by atoms with Gasteiger partial charge in [-0.1, -0.05) is 0 Å². The van der Waals surface area contributed by atoms with E-state index in [1.54, 1.807) is 7.05 Å². The first-order valence-electron chi connectivity index (χ1n) is 6.30. The van der Waals surface area contributed by atoms with Crippen molar-refractivity contribution in [1.82, 2.24) is 10.2 Å². The summed E-state index contributed by atoms with van der Waals surface area (Å²) in [6.07, 6.45) is 3.25. The molecule has 0 amide bonds. The molecule has 1 saturated carbocycles. The molecule has 1 aliphatic carbocycles. The fraction of sp³-hybridized carbons (Fsp3) is 0.917. The zero-order chi connectivity index (χ0) is 12.7. The first kappa shape index (κ1) is 14.4. The van der Waals surface area contributed by atoms with E-state index in [0.29, 0.717) is 6.42 Å². The molecule has 0 aromatic heterocycles. The number of rotatable bonds is 10. The van der Waals surface area contributed by atoms with Gasteiger partial charge in [-0.05, 0) is 45.8 Å². The van der Waals surface area contributed by atoms with E-state index in [9.17, 15) is 4.79 Å².